The molecule has 1 saturated heterocycles. The molecule has 2 N–H and O–H groups in total. The number of para-hydroxylation sites is 1. The molecule has 1 heterocycles. The molecule has 166 valence electrons. The average molecular weight is 468 g/mol. The minimum absolute atomic E-state index is 0.0558. The lowest BCUT2D eigenvalue weighted by molar-refractivity contribution is -0.118. The van der Waals surface area contributed by atoms with Crippen LogP contribution in [0.5, 0.6) is 5.75 Å². The number of nitrogens with zero attached hydrogens (tertiary/aromatic N) is 1. The van der Waals surface area contributed by atoms with Crippen molar-refractivity contribution in [2.45, 2.75) is 4.90 Å². The molecule has 1 aliphatic heterocycles. The van der Waals surface area contributed by atoms with Crippen LogP contribution in [-0.4, -0.2) is 64.5 Å². The van der Waals surface area contributed by atoms with E-state index in [0.717, 1.165) is 0 Å². The molecule has 0 aliphatic carbocycles. The second-order valence-electron chi connectivity index (χ2n) is 6.57. The number of nitrogens with one attached hydrogen (secondary N) is 2. The van der Waals surface area contributed by atoms with Crippen molar-refractivity contribution in [3.8, 4) is 5.75 Å². The van der Waals surface area contributed by atoms with Crippen LogP contribution in [0.25, 0.3) is 0 Å². The van der Waals surface area contributed by atoms with Gasteiger partial charge in [-0.3, -0.25) is 9.59 Å². The van der Waals surface area contributed by atoms with E-state index in [1.807, 2.05) is 0 Å². The van der Waals surface area contributed by atoms with Gasteiger partial charge in [-0.25, -0.2) is 8.42 Å². The number of anilines is 1. The maximum Gasteiger partial charge on any atom is 0.262 e. The van der Waals surface area contributed by atoms with Crippen molar-refractivity contribution >= 4 is 39.1 Å². The normalized spacial score (nSPS) is 14.6. The van der Waals surface area contributed by atoms with Gasteiger partial charge in [-0.1, -0.05) is 23.7 Å². The molecule has 1 aliphatic rings. The lowest BCUT2D eigenvalue weighted by Crippen LogP contribution is -2.40. The monoisotopic (exact) mass is 467 g/mol. The van der Waals surface area contributed by atoms with Crippen LogP contribution in [0, 0.1) is 0 Å². The number of carbonyl (C=O) groups excluding carboxylic acids is 2. The van der Waals surface area contributed by atoms with Crippen LogP contribution in [0.15, 0.2) is 47.4 Å². The summed E-state index contributed by atoms with van der Waals surface area (Å²) in [6, 6.07) is 10.7. The van der Waals surface area contributed by atoms with Crippen molar-refractivity contribution in [2.75, 3.05) is 45.3 Å². The highest BCUT2D eigenvalue weighted by Gasteiger charge is 2.28. The number of benzene rings is 2. The molecule has 11 heteroatoms. The first-order chi connectivity index (χ1) is 14.8. The number of ether oxygens (including phenoxy) is 2. The molecular formula is C20H22ClN3O6S. The first kappa shape index (κ1) is 23.0. The Bertz CT molecular complexity index is 1070. The molecule has 0 unspecified atom stereocenters. The summed E-state index contributed by atoms with van der Waals surface area (Å²) in [6.45, 7) is 0.703. The molecule has 0 atom stereocenters. The first-order valence-corrected chi connectivity index (χ1v) is 11.3. The zero-order valence-electron chi connectivity index (χ0n) is 16.8. The van der Waals surface area contributed by atoms with Crippen LogP contribution in [0.2, 0.25) is 5.02 Å². The zero-order chi connectivity index (χ0) is 22.4. The van der Waals surface area contributed by atoms with Gasteiger partial charge in [0.05, 0.1) is 23.8 Å². The standard InChI is InChI=1S/C20H22ClN3O6S/c1-22-20(26)15-4-2-3-5-17(15)30-13-19(25)23-14-6-7-16(21)18(12-14)31(27,28)24-8-10-29-11-9-24/h2-7,12H,8-11,13H2,1H3,(H,22,26)(H,23,25). The van der Waals surface area contributed by atoms with Crippen molar-refractivity contribution in [1.29, 1.82) is 0 Å². The quantitative estimate of drug-likeness (QED) is 0.641. The molecule has 0 saturated carbocycles. The van der Waals surface area contributed by atoms with E-state index < -0.39 is 15.9 Å². The lowest BCUT2D eigenvalue weighted by Gasteiger charge is -2.26. The number of carbonyl (C=O) groups is 2. The van der Waals surface area contributed by atoms with Crippen molar-refractivity contribution < 1.29 is 27.5 Å². The van der Waals surface area contributed by atoms with E-state index in [1.165, 1.54) is 29.6 Å². The maximum absolute atomic E-state index is 12.9. The van der Waals surface area contributed by atoms with Gasteiger partial charge in [-0.2, -0.15) is 4.31 Å². The summed E-state index contributed by atoms with van der Waals surface area (Å²) in [5.74, 6) is -0.612. The Kier molecular flexibility index (Phi) is 7.50. The van der Waals surface area contributed by atoms with Gasteiger partial charge in [0.25, 0.3) is 11.8 Å². The largest absolute Gasteiger partial charge is 0.483 e. The molecule has 31 heavy (non-hydrogen) atoms. The smallest absolute Gasteiger partial charge is 0.262 e. The Morgan fingerprint density at radius 3 is 2.58 bits per heavy atom. The molecule has 1 fully saturated rings. The Balaban J connectivity index is 1.70. The summed E-state index contributed by atoms with van der Waals surface area (Å²) in [6.07, 6.45) is 0. The molecule has 9 nitrogen and oxygen atoms in total. The summed E-state index contributed by atoms with van der Waals surface area (Å²) in [5, 5.41) is 5.14. The van der Waals surface area contributed by atoms with Gasteiger partial charge in [-0.15, -0.1) is 0 Å². The van der Waals surface area contributed by atoms with Gasteiger partial charge in [-0.05, 0) is 30.3 Å². The van der Waals surface area contributed by atoms with Gasteiger partial charge in [0.15, 0.2) is 6.61 Å². The van der Waals surface area contributed by atoms with E-state index in [2.05, 4.69) is 10.6 Å². The summed E-state index contributed by atoms with van der Waals surface area (Å²) in [4.78, 5) is 24.1. The van der Waals surface area contributed by atoms with E-state index in [9.17, 15) is 18.0 Å². The summed E-state index contributed by atoms with van der Waals surface area (Å²) in [7, 11) is -2.33. The minimum Gasteiger partial charge on any atom is -0.483 e. The predicted molar refractivity (Wildman–Crippen MR) is 115 cm³/mol. The Labute approximate surface area is 185 Å². The molecular weight excluding hydrogens is 446 g/mol. The van der Waals surface area contributed by atoms with Crippen molar-refractivity contribution in [1.82, 2.24) is 9.62 Å². The number of hydrogen-bond acceptors (Lipinski definition) is 6. The molecule has 2 aromatic carbocycles. The molecule has 0 bridgehead atoms. The van der Waals surface area contributed by atoms with Crippen molar-refractivity contribution in [3.05, 3.63) is 53.1 Å². The molecule has 0 radical (unpaired) electrons. The molecule has 2 aromatic rings. The van der Waals surface area contributed by atoms with E-state index in [4.69, 9.17) is 21.1 Å². The van der Waals surface area contributed by atoms with Crippen molar-refractivity contribution in [2.24, 2.45) is 0 Å². The Hall–Kier alpha value is -2.66. The third kappa shape index (κ3) is 5.53. The average Bonchev–Trinajstić information content (AvgIpc) is 2.79. The van der Waals surface area contributed by atoms with Crippen LogP contribution in [0.1, 0.15) is 10.4 Å². The van der Waals surface area contributed by atoms with Crippen LogP contribution in [0.3, 0.4) is 0 Å². The van der Waals surface area contributed by atoms with Gasteiger partial charge < -0.3 is 20.1 Å². The fraction of sp³-hybridized carbons (Fsp3) is 0.300. The summed E-state index contributed by atoms with van der Waals surface area (Å²) in [5.41, 5.74) is 0.549. The van der Waals surface area contributed by atoms with E-state index in [0.29, 0.717) is 18.8 Å². The highest BCUT2D eigenvalue weighted by atomic mass is 35.5. The minimum atomic E-state index is -3.83. The number of sulfonamides is 1. The topological polar surface area (TPSA) is 114 Å². The number of morpholine rings is 1. The number of hydrogen-bond donors (Lipinski definition) is 2. The fourth-order valence-electron chi connectivity index (χ4n) is 2.96. The fourth-order valence-corrected chi connectivity index (χ4v) is 4.87. The number of rotatable bonds is 7. The van der Waals surface area contributed by atoms with Crippen molar-refractivity contribution in [3.63, 3.8) is 0 Å². The molecule has 2 amide bonds. The predicted octanol–water partition coefficient (Wildman–Crippen LogP) is 1.74. The molecule has 3 rings (SSSR count). The second kappa shape index (κ2) is 10.1. The highest BCUT2D eigenvalue weighted by molar-refractivity contribution is 7.89. The highest BCUT2D eigenvalue weighted by Crippen LogP contribution is 2.28. The van der Waals surface area contributed by atoms with E-state index >= 15 is 0 Å². The number of halogens is 1. The van der Waals surface area contributed by atoms with Crippen LogP contribution in [-0.2, 0) is 19.6 Å². The third-order valence-electron chi connectivity index (χ3n) is 4.52. The van der Waals surface area contributed by atoms with Gasteiger partial charge in [0.2, 0.25) is 10.0 Å². The first-order valence-electron chi connectivity index (χ1n) is 9.44. The zero-order valence-corrected chi connectivity index (χ0v) is 18.3. The summed E-state index contributed by atoms with van der Waals surface area (Å²) < 4.78 is 37.8. The van der Waals surface area contributed by atoms with Crippen LogP contribution < -0.4 is 15.4 Å². The SMILES string of the molecule is CNC(=O)c1ccccc1OCC(=O)Nc1ccc(Cl)c(S(=O)(=O)N2CCOCC2)c1. The summed E-state index contributed by atoms with van der Waals surface area (Å²) >= 11 is 6.13. The van der Waals surface area contributed by atoms with Crippen LogP contribution in [0.4, 0.5) is 5.69 Å². The van der Waals surface area contributed by atoms with Gasteiger partial charge >= 0.3 is 0 Å². The molecule has 0 spiro atoms. The van der Waals surface area contributed by atoms with Crippen LogP contribution >= 0.6 is 11.6 Å². The van der Waals surface area contributed by atoms with Gasteiger partial charge in [0.1, 0.15) is 10.6 Å². The number of amides is 2. The Morgan fingerprint density at radius 2 is 1.87 bits per heavy atom. The van der Waals surface area contributed by atoms with E-state index in [1.54, 1.807) is 24.3 Å². The lowest BCUT2D eigenvalue weighted by atomic mass is 10.2. The molecule has 0 aromatic heterocycles. The van der Waals surface area contributed by atoms with Gasteiger partial charge in [0, 0.05) is 25.8 Å². The third-order valence-corrected chi connectivity index (χ3v) is 6.90. The van der Waals surface area contributed by atoms with E-state index in [-0.39, 0.29) is 47.0 Å². The maximum atomic E-state index is 12.9. The second-order valence-corrected chi connectivity index (χ2v) is 8.89. The Morgan fingerprint density at radius 1 is 1.16 bits per heavy atom.